The lowest BCUT2D eigenvalue weighted by molar-refractivity contribution is 0.371. The molecule has 0 aliphatic heterocycles. The van der Waals surface area contributed by atoms with E-state index in [0.717, 1.165) is 0 Å². The van der Waals surface area contributed by atoms with Gasteiger partial charge in [0.05, 0.1) is 0 Å². The Balaban J connectivity index is 3.18. The molecule has 0 saturated carbocycles. The zero-order chi connectivity index (χ0) is 7.33. The molecule has 2 N–H and O–H groups in total. The summed E-state index contributed by atoms with van der Waals surface area (Å²) in [6, 6.07) is 0. The van der Waals surface area contributed by atoms with Crippen LogP contribution in [0.15, 0.2) is 0 Å². The average Bonchev–Trinajstić information content (AvgIpc) is 1.63. The minimum Gasteiger partial charge on any atom is -0.324 e. The van der Waals surface area contributed by atoms with Gasteiger partial charge in [-0.2, -0.15) is 0 Å². The maximum atomic E-state index is 10.2. The molecular formula is C4H10ClO3P. The van der Waals surface area contributed by atoms with Crippen LogP contribution in [0, 0.1) is 0 Å². The van der Waals surface area contributed by atoms with Crippen molar-refractivity contribution in [2.24, 2.45) is 0 Å². The van der Waals surface area contributed by atoms with Gasteiger partial charge in [0, 0.05) is 12.0 Å². The van der Waals surface area contributed by atoms with Crippen molar-refractivity contribution in [1.29, 1.82) is 0 Å². The van der Waals surface area contributed by atoms with Crippen molar-refractivity contribution < 1.29 is 14.4 Å². The van der Waals surface area contributed by atoms with Crippen molar-refractivity contribution in [3.8, 4) is 0 Å². The molecule has 0 fully saturated rings. The first-order valence-corrected chi connectivity index (χ1v) is 5.00. The van der Waals surface area contributed by atoms with Gasteiger partial charge in [-0.25, -0.2) is 0 Å². The molecule has 0 atom stereocenters. The average molecular weight is 173 g/mol. The van der Waals surface area contributed by atoms with Crippen molar-refractivity contribution in [3.63, 3.8) is 0 Å². The lowest BCUT2D eigenvalue weighted by atomic mass is 10.4. The van der Waals surface area contributed by atoms with Crippen LogP contribution in [0.3, 0.4) is 0 Å². The van der Waals surface area contributed by atoms with Crippen LogP contribution in [0.4, 0.5) is 0 Å². The lowest BCUT2D eigenvalue weighted by Gasteiger charge is -1.99. The molecule has 0 aliphatic rings. The Morgan fingerprint density at radius 1 is 1.33 bits per heavy atom. The topological polar surface area (TPSA) is 57.5 Å². The second kappa shape index (κ2) is 4.29. The Hall–Kier alpha value is 0.440. The van der Waals surface area contributed by atoms with E-state index in [-0.39, 0.29) is 6.16 Å². The normalized spacial score (nSPS) is 11.9. The van der Waals surface area contributed by atoms with Gasteiger partial charge in [0.25, 0.3) is 0 Å². The molecule has 0 aliphatic carbocycles. The predicted molar refractivity (Wildman–Crippen MR) is 36.9 cm³/mol. The SMILES string of the molecule is O=P(O)(O)CCCCCl. The zero-order valence-corrected chi connectivity index (χ0v) is 6.61. The molecule has 0 amide bonds. The minimum absolute atomic E-state index is 0.0419. The van der Waals surface area contributed by atoms with Crippen LogP contribution in [0.2, 0.25) is 0 Å². The summed E-state index contributed by atoms with van der Waals surface area (Å²) in [6.07, 6.45) is 1.14. The summed E-state index contributed by atoms with van der Waals surface area (Å²) in [6.45, 7) is 0. The van der Waals surface area contributed by atoms with Gasteiger partial charge in [-0.1, -0.05) is 0 Å². The van der Waals surface area contributed by atoms with Crippen LogP contribution in [-0.4, -0.2) is 21.8 Å². The lowest BCUT2D eigenvalue weighted by Crippen LogP contribution is -1.87. The molecule has 0 aromatic carbocycles. The van der Waals surface area contributed by atoms with Crippen molar-refractivity contribution in [1.82, 2.24) is 0 Å². The van der Waals surface area contributed by atoms with Crippen LogP contribution >= 0.6 is 19.2 Å². The third-order valence-electron chi connectivity index (χ3n) is 0.833. The van der Waals surface area contributed by atoms with Crippen molar-refractivity contribution >= 4 is 19.2 Å². The van der Waals surface area contributed by atoms with Crippen LogP contribution in [-0.2, 0) is 4.57 Å². The number of alkyl halides is 1. The molecule has 0 rings (SSSR count). The first-order valence-electron chi connectivity index (χ1n) is 2.67. The molecule has 0 spiro atoms. The van der Waals surface area contributed by atoms with Gasteiger partial charge in [-0.3, -0.25) is 4.57 Å². The Labute approximate surface area is 59.2 Å². The summed E-state index contributed by atoms with van der Waals surface area (Å²) in [5, 5.41) is 0. The summed E-state index contributed by atoms with van der Waals surface area (Å²) < 4.78 is 10.2. The largest absolute Gasteiger partial charge is 0.325 e. The summed E-state index contributed by atoms with van der Waals surface area (Å²) in [5.74, 6) is 0.472. The van der Waals surface area contributed by atoms with E-state index in [1.807, 2.05) is 0 Å². The molecule has 9 heavy (non-hydrogen) atoms. The predicted octanol–water partition coefficient (Wildman–Crippen LogP) is 1.18. The van der Waals surface area contributed by atoms with E-state index in [0.29, 0.717) is 18.7 Å². The molecule has 0 radical (unpaired) electrons. The third-order valence-corrected chi connectivity index (χ3v) is 2.00. The fourth-order valence-corrected chi connectivity index (χ4v) is 1.24. The molecule has 0 heterocycles. The van der Waals surface area contributed by atoms with Gasteiger partial charge in [-0.05, 0) is 12.8 Å². The van der Waals surface area contributed by atoms with Crippen molar-refractivity contribution in [3.05, 3.63) is 0 Å². The van der Waals surface area contributed by atoms with Gasteiger partial charge in [-0.15, -0.1) is 11.6 Å². The Bertz CT molecular complexity index is 110. The number of hydrogen-bond donors (Lipinski definition) is 2. The molecule has 0 unspecified atom stereocenters. The molecule has 5 heteroatoms. The Kier molecular flexibility index (Phi) is 4.50. The second-order valence-electron chi connectivity index (χ2n) is 1.78. The molecule has 0 saturated heterocycles. The number of unbranched alkanes of at least 4 members (excludes halogenated alkanes) is 1. The Morgan fingerprint density at radius 3 is 2.22 bits per heavy atom. The summed E-state index contributed by atoms with van der Waals surface area (Å²) in [4.78, 5) is 16.6. The van der Waals surface area contributed by atoms with Gasteiger partial charge < -0.3 is 9.79 Å². The quantitative estimate of drug-likeness (QED) is 0.380. The third kappa shape index (κ3) is 8.44. The standard InChI is InChI=1S/C4H10ClO3P/c5-3-1-2-4-9(6,7)8/h1-4H2,(H2,6,7,8). The first-order chi connectivity index (χ1) is 4.06. The van der Waals surface area contributed by atoms with Crippen molar-refractivity contribution in [2.75, 3.05) is 12.0 Å². The smallest absolute Gasteiger partial charge is 0.324 e. The molecule has 0 aromatic heterocycles. The van der Waals surface area contributed by atoms with Crippen LogP contribution < -0.4 is 0 Å². The molecule has 0 aromatic rings. The van der Waals surface area contributed by atoms with E-state index in [4.69, 9.17) is 21.4 Å². The van der Waals surface area contributed by atoms with E-state index < -0.39 is 7.60 Å². The monoisotopic (exact) mass is 172 g/mol. The van der Waals surface area contributed by atoms with Crippen molar-refractivity contribution in [2.45, 2.75) is 12.8 Å². The minimum atomic E-state index is -3.75. The van der Waals surface area contributed by atoms with Gasteiger partial charge in [0.1, 0.15) is 0 Å². The van der Waals surface area contributed by atoms with Gasteiger partial charge in [0.15, 0.2) is 0 Å². The highest BCUT2D eigenvalue weighted by atomic mass is 35.5. The maximum absolute atomic E-state index is 10.2. The summed E-state index contributed by atoms with van der Waals surface area (Å²) >= 11 is 5.28. The zero-order valence-electron chi connectivity index (χ0n) is 4.96. The summed E-state index contributed by atoms with van der Waals surface area (Å²) in [7, 11) is -3.75. The van der Waals surface area contributed by atoms with Crippen LogP contribution in [0.1, 0.15) is 12.8 Å². The highest BCUT2D eigenvalue weighted by molar-refractivity contribution is 7.51. The fraction of sp³-hybridized carbons (Fsp3) is 1.00. The highest BCUT2D eigenvalue weighted by Gasteiger charge is 2.10. The summed E-state index contributed by atoms with van der Waals surface area (Å²) in [5.41, 5.74) is 0. The van der Waals surface area contributed by atoms with E-state index >= 15 is 0 Å². The fourth-order valence-electron chi connectivity index (χ4n) is 0.412. The van der Waals surface area contributed by atoms with Gasteiger partial charge >= 0.3 is 7.60 Å². The van der Waals surface area contributed by atoms with E-state index in [1.54, 1.807) is 0 Å². The Morgan fingerprint density at radius 2 is 1.89 bits per heavy atom. The number of halogens is 1. The highest BCUT2D eigenvalue weighted by Crippen LogP contribution is 2.35. The number of rotatable bonds is 4. The van der Waals surface area contributed by atoms with Crippen LogP contribution in [0.5, 0.6) is 0 Å². The molecule has 3 nitrogen and oxygen atoms in total. The van der Waals surface area contributed by atoms with E-state index in [9.17, 15) is 4.57 Å². The van der Waals surface area contributed by atoms with Gasteiger partial charge in [0.2, 0.25) is 0 Å². The number of hydrogen-bond acceptors (Lipinski definition) is 1. The molecular weight excluding hydrogens is 162 g/mol. The second-order valence-corrected chi connectivity index (χ2v) is 3.94. The molecule has 56 valence electrons. The first kappa shape index (κ1) is 9.44. The van der Waals surface area contributed by atoms with E-state index in [1.165, 1.54) is 0 Å². The maximum Gasteiger partial charge on any atom is 0.325 e. The van der Waals surface area contributed by atoms with Crippen LogP contribution in [0.25, 0.3) is 0 Å². The molecule has 0 bridgehead atoms. The van der Waals surface area contributed by atoms with E-state index in [2.05, 4.69) is 0 Å².